The second-order valence-electron chi connectivity index (χ2n) is 8.99. The molecule has 1 fully saturated rings. The Bertz CT molecular complexity index is 903. The number of pyridine rings is 1. The van der Waals surface area contributed by atoms with E-state index in [1.807, 2.05) is 41.4 Å². The number of carbonyl (C=O) groups is 1. The number of piperidine rings is 1. The SMILES string of the molecule is CO[C@@H]1CCN2C[C@@H]1CCCCN(Cc1ncccc1C)CCOc1cccc(c1)C2=O. The van der Waals surface area contributed by atoms with Gasteiger partial charge >= 0.3 is 0 Å². The van der Waals surface area contributed by atoms with Gasteiger partial charge in [-0.25, -0.2) is 0 Å². The molecule has 0 radical (unpaired) electrons. The van der Waals surface area contributed by atoms with Gasteiger partial charge in [0.2, 0.25) is 0 Å². The second-order valence-corrected chi connectivity index (χ2v) is 8.99. The first-order valence-corrected chi connectivity index (χ1v) is 11.8. The van der Waals surface area contributed by atoms with Gasteiger partial charge in [-0.2, -0.15) is 0 Å². The molecule has 2 aliphatic heterocycles. The molecule has 32 heavy (non-hydrogen) atoms. The highest BCUT2D eigenvalue weighted by Gasteiger charge is 2.31. The number of nitrogens with zero attached hydrogens (tertiary/aromatic N) is 3. The number of fused-ring (bicyclic) bond motifs is 4. The minimum Gasteiger partial charge on any atom is -0.492 e. The zero-order valence-electron chi connectivity index (χ0n) is 19.3. The van der Waals surface area contributed by atoms with Crippen LogP contribution in [0.1, 0.15) is 47.3 Å². The first-order valence-electron chi connectivity index (χ1n) is 11.8. The van der Waals surface area contributed by atoms with Crippen LogP contribution in [0.3, 0.4) is 0 Å². The molecule has 6 nitrogen and oxygen atoms in total. The molecular formula is C26H35N3O3. The number of hydrogen-bond acceptors (Lipinski definition) is 5. The summed E-state index contributed by atoms with van der Waals surface area (Å²) < 4.78 is 11.8. The summed E-state index contributed by atoms with van der Waals surface area (Å²) in [7, 11) is 1.80. The highest BCUT2D eigenvalue weighted by atomic mass is 16.5. The predicted molar refractivity (Wildman–Crippen MR) is 125 cm³/mol. The van der Waals surface area contributed by atoms with Crippen LogP contribution in [0.15, 0.2) is 42.6 Å². The second kappa shape index (κ2) is 10.9. The highest BCUT2D eigenvalue weighted by Crippen LogP contribution is 2.27. The third-order valence-electron chi connectivity index (χ3n) is 6.80. The summed E-state index contributed by atoms with van der Waals surface area (Å²) in [5.41, 5.74) is 3.05. The third kappa shape index (κ3) is 5.67. The minimum absolute atomic E-state index is 0.0946. The summed E-state index contributed by atoms with van der Waals surface area (Å²) in [6.07, 6.45) is 6.31. The standard InChI is InChI=1S/C26H35N3O3/c1-20-7-6-12-27-24(20)19-28-13-4-3-8-22-18-29(14-11-25(22)31-2)26(30)21-9-5-10-23(17-21)32-16-15-28/h5-7,9-10,12,17,22,25H,3-4,8,11,13-16,18-19H2,1-2H3/t22-,25+/m0/s1. The van der Waals surface area contributed by atoms with Gasteiger partial charge in [-0.3, -0.25) is 14.7 Å². The summed E-state index contributed by atoms with van der Waals surface area (Å²) in [4.78, 5) is 22.2. The average Bonchev–Trinajstić information content (AvgIpc) is 2.82. The molecule has 0 N–H and O–H groups in total. The van der Waals surface area contributed by atoms with Gasteiger partial charge < -0.3 is 14.4 Å². The molecule has 3 heterocycles. The Kier molecular flexibility index (Phi) is 7.76. The van der Waals surface area contributed by atoms with Gasteiger partial charge in [-0.1, -0.05) is 18.6 Å². The number of aromatic nitrogens is 1. The minimum atomic E-state index is 0.0946. The zero-order chi connectivity index (χ0) is 22.3. The molecule has 1 saturated heterocycles. The largest absolute Gasteiger partial charge is 0.492 e. The van der Waals surface area contributed by atoms with E-state index in [0.717, 1.165) is 69.9 Å². The molecule has 2 atom stereocenters. The normalized spacial score (nSPS) is 23.2. The van der Waals surface area contributed by atoms with Crippen molar-refractivity contribution in [1.82, 2.24) is 14.8 Å². The van der Waals surface area contributed by atoms with Crippen molar-refractivity contribution in [3.63, 3.8) is 0 Å². The monoisotopic (exact) mass is 437 g/mol. The first kappa shape index (κ1) is 22.7. The number of amides is 1. The fourth-order valence-electron chi connectivity index (χ4n) is 4.88. The van der Waals surface area contributed by atoms with E-state index in [2.05, 4.69) is 22.9 Å². The van der Waals surface area contributed by atoms with E-state index in [9.17, 15) is 4.79 Å². The van der Waals surface area contributed by atoms with Gasteiger partial charge in [0.25, 0.3) is 5.91 Å². The van der Waals surface area contributed by atoms with Crippen molar-refractivity contribution in [3.05, 3.63) is 59.4 Å². The van der Waals surface area contributed by atoms with Gasteiger partial charge in [0, 0.05) is 51.0 Å². The Labute approximate surface area is 191 Å². The van der Waals surface area contributed by atoms with Gasteiger partial charge in [0.15, 0.2) is 0 Å². The number of benzene rings is 1. The van der Waals surface area contributed by atoms with Crippen LogP contribution in [0.25, 0.3) is 0 Å². The van der Waals surface area contributed by atoms with E-state index in [0.29, 0.717) is 18.1 Å². The number of carbonyl (C=O) groups excluding carboxylic acids is 1. The van der Waals surface area contributed by atoms with Gasteiger partial charge in [-0.05, 0) is 62.6 Å². The molecule has 2 aliphatic rings. The molecule has 2 aromatic rings. The van der Waals surface area contributed by atoms with Crippen molar-refractivity contribution in [2.24, 2.45) is 5.92 Å². The van der Waals surface area contributed by atoms with E-state index >= 15 is 0 Å². The van der Waals surface area contributed by atoms with Crippen LogP contribution in [-0.2, 0) is 11.3 Å². The maximum atomic E-state index is 13.2. The van der Waals surface area contributed by atoms with Gasteiger partial charge in [0.1, 0.15) is 12.4 Å². The van der Waals surface area contributed by atoms with E-state index in [1.165, 1.54) is 5.56 Å². The summed E-state index contributed by atoms with van der Waals surface area (Å²) in [6, 6.07) is 11.7. The molecule has 1 aromatic carbocycles. The maximum Gasteiger partial charge on any atom is 0.254 e. The summed E-state index contributed by atoms with van der Waals surface area (Å²) in [5.74, 6) is 1.23. The van der Waals surface area contributed by atoms with E-state index in [1.54, 1.807) is 7.11 Å². The number of ether oxygens (including phenoxy) is 2. The maximum absolute atomic E-state index is 13.2. The smallest absolute Gasteiger partial charge is 0.254 e. The van der Waals surface area contributed by atoms with Crippen molar-refractivity contribution in [1.29, 1.82) is 0 Å². The quantitative estimate of drug-likeness (QED) is 0.728. The lowest BCUT2D eigenvalue weighted by Crippen LogP contribution is -2.46. The molecule has 0 saturated carbocycles. The van der Waals surface area contributed by atoms with Crippen molar-refractivity contribution < 1.29 is 14.3 Å². The van der Waals surface area contributed by atoms with Gasteiger partial charge in [0.05, 0.1) is 11.8 Å². The van der Waals surface area contributed by atoms with Crippen LogP contribution in [-0.4, -0.2) is 66.7 Å². The highest BCUT2D eigenvalue weighted by molar-refractivity contribution is 5.94. The van der Waals surface area contributed by atoms with E-state index in [4.69, 9.17) is 9.47 Å². The van der Waals surface area contributed by atoms with Crippen molar-refractivity contribution in [2.45, 2.75) is 45.3 Å². The molecule has 1 aromatic heterocycles. The van der Waals surface area contributed by atoms with Crippen LogP contribution in [0.4, 0.5) is 0 Å². The van der Waals surface area contributed by atoms with Crippen LogP contribution in [0.5, 0.6) is 5.75 Å². The number of aryl methyl sites for hydroxylation is 1. The predicted octanol–water partition coefficient (Wildman–Crippen LogP) is 3.93. The van der Waals surface area contributed by atoms with Crippen LogP contribution in [0, 0.1) is 12.8 Å². The van der Waals surface area contributed by atoms with Crippen LogP contribution < -0.4 is 4.74 Å². The fourth-order valence-corrected chi connectivity index (χ4v) is 4.88. The molecule has 6 heteroatoms. The molecule has 172 valence electrons. The lowest BCUT2D eigenvalue weighted by Gasteiger charge is -2.38. The third-order valence-corrected chi connectivity index (χ3v) is 6.80. The van der Waals surface area contributed by atoms with E-state index in [-0.39, 0.29) is 12.0 Å². The Hall–Kier alpha value is -2.44. The van der Waals surface area contributed by atoms with Crippen molar-refractivity contribution in [3.8, 4) is 5.75 Å². The number of rotatable bonds is 3. The Morgan fingerprint density at radius 1 is 1.12 bits per heavy atom. The first-order chi connectivity index (χ1) is 15.6. The Morgan fingerprint density at radius 2 is 2.03 bits per heavy atom. The number of methoxy groups -OCH3 is 1. The molecule has 4 rings (SSSR count). The number of hydrogen-bond donors (Lipinski definition) is 0. The molecular weight excluding hydrogens is 402 g/mol. The lowest BCUT2D eigenvalue weighted by atomic mass is 9.89. The molecule has 0 unspecified atom stereocenters. The molecule has 0 aliphatic carbocycles. The molecule has 4 bridgehead atoms. The summed E-state index contributed by atoms with van der Waals surface area (Å²) >= 11 is 0. The molecule has 1 amide bonds. The van der Waals surface area contributed by atoms with Crippen molar-refractivity contribution in [2.75, 3.05) is 39.9 Å². The fraction of sp³-hybridized carbons (Fsp3) is 0.538. The Morgan fingerprint density at radius 3 is 2.88 bits per heavy atom. The van der Waals surface area contributed by atoms with Gasteiger partial charge in [-0.15, -0.1) is 0 Å². The topological polar surface area (TPSA) is 54.9 Å². The molecule has 0 spiro atoms. The van der Waals surface area contributed by atoms with Crippen LogP contribution >= 0.6 is 0 Å². The average molecular weight is 438 g/mol. The summed E-state index contributed by atoms with van der Waals surface area (Å²) in [6.45, 7) is 6.87. The van der Waals surface area contributed by atoms with Crippen molar-refractivity contribution >= 4 is 5.91 Å². The van der Waals surface area contributed by atoms with E-state index < -0.39 is 0 Å². The van der Waals surface area contributed by atoms with Crippen LogP contribution in [0.2, 0.25) is 0 Å². The lowest BCUT2D eigenvalue weighted by molar-refractivity contribution is -0.00677. The summed E-state index contributed by atoms with van der Waals surface area (Å²) in [5, 5.41) is 0. The Balaban J connectivity index is 1.51. The zero-order valence-corrected chi connectivity index (χ0v) is 19.3.